The van der Waals surface area contributed by atoms with Crippen LogP contribution < -0.4 is 5.32 Å². The van der Waals surface area contributed by atoms with Gasteiger partial charge in [-0.2, -0.15) is 11.8 Å². The molecule has 0 atom stereocenters. The second-order valence-electron chi connectivity index (χ2n) is 4.72. The molecule has 0 bridgehead atoms. The summed E-state index contributed by atoms with van der Waals surface area (Å²) in [7, 11) is 0. The van der Waals surface area contributed by atoms with E-state index in [1.165, 1.54) is 23.8 Å². The summed E-state index contributed by atoms with van der Waals surface area (Å²) in [5.74, 6) is 1.33. The topological polar surface area (TPSA) is 29.1 Å². The highest BCUT2D eigenvalue weighted by atomic mass is 32.2. The van der Waals surface area contributed by atoms with E-state index in [-0.39, 0.29) is 11.7 Å². The van der Waals surface area contributed by atoms with Crippen molar-refractivity contribution in [3.63, 3.8) is 0 Å². The highest BCUT2D eigenvalue weighted by molar-refractivity contribution is 7.98. The SMILES string of the molecule is O=C(/C=C/c1cccc(F)c1)NCCSCc1ccccc1. The summed E-state index contributed by atoms with van der Waals surface area (Å²) in [5, 5.41) is 2.81. The maximum Gasteiger partial charge on any atom is 0.244 e. The van der Waals surface area contributed by atoms with Gasteiger partial charge >= 0.3 is 0 Å². The van der Waals surface area contributed by atoms with E-state index in [1.54, 1.807) is 30.0 Å². The number of hydrogen-bond acceptors (Lipinski definition) is 2. The van der Waals surface area contributed by atoms with E-state index >= 15 is 0 Å². The van der Waals surface area contributed by atoms with E-state index in [4.69, 9.17) is 0 Å². The lowest BCUT2D eigenvalue weighted by atomic mass is 10.2. The standard InChI is InChI=1S/C18H18FNOS/c19-17-8-4-7-15(13-17)9-10-18(21)20-11-12-22-14-16-5-2-1-3-6-16/h1-10,13H,11-12,14H2,(H,20,21)/b10-9+. The zero-order valence-corrected chi connectivity index (χ0v) is 13.0. The second kappa shape index (κ2) is 9.05. The third-order valence-corrected chi connectivity index (χ3v) is 3.96. The van der Waals surface area contributed by atoms with E-state index in [9.17, 15) is 9.18 Å². The molecule has 2 rings (SSSR count). The molecule has 0 aliphatic carbocycles. The number of benzene rings is 2. The predicted molar refractivity (Wildman–Crippen MR) is 91.0 cm³/mol. The summed E-state index contributed by atoms with van der Waals surface area (Å²) in [4.78, 5) is 11.6. The molecule has 114 valence electrons. The normalized spacial score (nSPS) is 10.8. The van der Waals surface area contributed by atoms with Crippen molar-refractivity contribution in [2.45, 2.75) is 5.75 Å². The molecular weight excluding hydrogens is 297 g/mol. The molecule has 0 saturated heterocycles. The molecule has 0 aromatic heterocycles. The molecule has 1 N–H and O–H groups in total. The van der Waals surface area contributed by atoms with Crippen LogP contribution in [0.25, 0.3) is 6.08 Å². The summed E-state index contributed by atoms with van der Waals surface area (Å²) in [6.45, 7) is 0.615. The smallest absolute Gasteiger partial charge is 0.244 e. The van der Waals surface area contributed by atoms with Gasteiger partial charge in [0.2, 0.25) is 5.91 Å². The third kappa shape index (κ3) is 6.14. The van der Waals surface area contributed by atoms with Crippen molar-refractivity contribution in [2.24, 2.45) is 0 Å². The number of carbonyl (C=O) groups is 1. The molecule has 2 aromatic rings. The maximum absolute atomic E-state index is 13.0. The van der Waals surface area contributed by atoms with Gasteiger partial charge in [-0.25, -0.2) is 4.39 Å². The van der Waals surface area contributed by atoms with Crippen LogP contribution in [0, 0.1) is 5.82 Å². The molecule has 0 spiro atoms. The summed E-state index contributed by atoms with van der Waals surface area (Å²) >= 11 is 1.78. The largest absolute Gasteiger partial charge is 0.352 e. The Morgan fingerprint density at radius 2 is 1.95 bits per heavy atom. The average Bonchev–Trinajstić information content (AvgIpc) is 2.54. The molecule has 2 aromatic carbocycles. The van der Waals surface area contributed by atoms with Gasteiger partial charge < -0.3 is 5.32 Å². The van der Waals surface area contributed by atoms with E-state index < -0.39 is 0 Å². The van der Waals surface area contributed by atoms with E-state index in [1.807, 2.05) is 18.2 Å². The Bertz CT molecular complexity index is 628. The van der Waals surface area contributed by atoms with Crippen LogP contribution in [0.5, 0.6) is 0 Å². The summed E-state index contributed by atoms with van der Waals surface area (Å²) in [6, 6.07) is 16.4. The number of rotatable bonds is 7. The van der Waals surface area contributed by atoms with Crippen molar-refractivity contribution in [2.75, 3.05) is 12.3 Å². The lowest BCUT2D eigenvalue weighted by Crippen LogP contribution is -2.23. The van der Waals surface area contributed by atoms with Crippen LogP contribution in [0.3, 0.4) is 0 Å². The van der Waals surface area contributed by atoms with Gasteiger partial charge in [-0.1, -0.05) is 42.5 Å². The average molecular weight is 315 g/mol. The van der Waals surface area contributed by atoms with Gasteiger partial charge in [0.1, 0.15) is 5.82 Å². The summed E-state index contributed by atoms with van der Waals surface area (Å²) in [5.41, 5.74) is 1.96. The predicted octanol–water partition coefficient (Wildman–Crippen LogP) is 3.89. The molecule has 0 saturated carbocycles. The van der Waals surface area contributed by atoms with Gasteiger partial charge in [0, 0.05) is 24.1 Å². The van der Waals surface area contributed by atoms with Crippen LogP contribution in [-0.4, -0.2) is 18.2 Å². The molecule has 1 amide bonds. The Morgan fingerprint density at radius 1 is 1.14 bits per heavy atom. The minimum Gasteiger partial charge on any atom is -0.352 e. The quantitative estimate of drug-likeness (QED) is 0.620. The summed E-state index contributed by atoms with van der Waals surface area (Å²) in [6.07, 6.45) is 3.03. The Kier molecular flexibility index (Phi) is 6.71. The molecule has 22 heavy (non-hydrogen) atoms. The van der Waals surface area contributed by atoms with Gasteiger partial charge in [0.25, 0.3) is 0 Å². The number of hydrogen-bond donors (Lipinski definition) is 1. The van der Waals surface area contributed by atoms with Crippen molar-refractivity contribution in [1.29, 1.82) is 0 Å². The maximum atomic E-state index is 13.0. The van der Waals surface area contributed by atoms with E-state index in [2.05, 4.69) is 17.4 Å². The van der Waals surface area contributed by atoms with Crippen molar-refractivity contribution >= 4 is 23.7 Å². The van der Waals surface area contributed by atoms with Crippen LogP contribution in [0.4, 0.5) is 4.39 Å². The van der Waals surface area contributed by atoms with Crippen LogP contribution in [0.1, 0.15) is 11.1 Å². The van der Waals surface area contributed by atoms with Crippen molar-refractivity contribution in [3.05, 3.63) is 77.6 Å². The molecule has 4 heteroatoms. The number of halogens is 1. The van der Waals surface area contributed by atoms with Gasteiger partial charge in [-0.3, -0.25) is 4.79 Å². The Morgan fingerprint density at radius 3 is 2.73 bits per heavy atom. The number of amides is 1. The first kappa shape index (κ1) is 16.3. The molecule has 2 nitrogen and oxygen atoms in total. The monoisotopic (exact) mass is 315 g/mol. The minimum absolute atomic E-state index is 0.162. The molecule has 0 radical (unpaired) electrons. The first-order valence-electron chi connectivity index (χ1n) is 7.07. The molecule has 0 fully saturated rings. The fourth-order valence-electron chi connectivity index (χ4n) is 1.85. The fraction of sp³-hybridized carbons (Fsp3) is 0.167. The van der Waals surface area contributed by atoms with E-state index in [0.717, 1.165) is 11.5 Å². The highest BCUT2D eigenvalue weighted by Gasteiger charge is 1.97. The number of thioether (sulfide) groups is 1. The van der Waals surface area contributed by atoms with Crippen molar-refractivity contribution in [1.82, 2.24) is 5.32 Å². The number of nitrogens with one attached hydrogen (secondary N) is 1. The van der Waals surface area contributed by atoms with E-state index in [0.29, 0.717) is 12.1 Å². The van der Waals surface area contributed by atoms with Crippen LogP contribution in [-0.2, 0) is 10.5 Å². The van der Waals surface area contributed by atoms with Gasteiger partial charge in [-0.05, 0) is 29.3 Å². The Labute approximate surface area is 134 Å². The molecule has 0 unspecified atom stereocenters. The van der Waals surface area contributed by atoms with Crippen LogP contribution in [0.15, 0.2) is 60.7 Å². The fourth-order valence-corrected chi connectivity index (χ4v) is 2.67. The van der Waals surface area contributed by atoms with Crippen molar-refractivity contribution < 1.29 is 9.18 Å². The molecule has 0 aliphatic rings. The lowest BCUT2D eigenvalue weighted by molar-refractivity contribution is -0.116. The molecular formula is C18H18FNOS. The van der Waals surface area contributed by atoms with Crippen LogP contribution >= 0.6 is 11.8 Å². The van der Waals surface area contributed by atoms with Gasteiger partial charge in [0.15, 0.2) is 0 Å². The first-order valence-corrected chi connectivity index (χ1v) is 8.22. The van der Waals surface area contributed by atoms with Crippen LogP contribution in [0.2, 0.25) is 0 Å². The Hall–Kier alpha value is -2.07. The molecule has 0 aliphatic heterocycles. The number of carbonyl (C=O) groups excluding carboxylic acids is 1. The lowest BCUT2D eigenvalue weighted by Gasteiger charge is -2.03. The zero-order chi connectivity index (χ0) is 15.6. The summed E-state index contributed by atoms with van der Waals surface area (Å²) < 4.78 is 13.0. The van der Waals surface area contributed by atoms with Crippen molar-refractivity contribution in [3.8, 4) is 0 Å². The highest BCUT2D eigenvalue weighted by Crippen LogP contribution is 2.10. The third-order valence-electron chi connectivity index (χ3n) is 2.93. The second-order valence-corrected chi connectivity index (χ2v) is 5.82. The van der Waals surface area contributed by atoms with Gasteiger partial charge in [-0.15, -0.1) is 0 Å². The first-order chi connectivity index (χ1) is 10.7. The zero-order valence-electron chi connectivity index (χ0n) is 12.2. The van der Waals surface area contributed by atoms with Gasteiger partial charge in [0.05, 0.1) is 0 Å². The minimum atomic E-state index is -0.306. The molecule has 0 heterocycles. The Balaban J connectivity index is 1.63.